The molecule has 124 valence electrons. The first-order valence-corrected chi connectivity index (χ1v) is 7.32. The van der Waals surface area contributed by atoms with Gasteiger partial charge in [0.25, 0.3) is 0 Å². The standard InChI is InChI=1S/C13H22F4N2O2/c14-12(15)20-8-10-7-19(4-2-18-10)3-1-9-5-11(6-9)21-13(16)17/h9-13,18H,1-8H2. The van der Waals surface area contributed by atoms with Gasteiger partial charge in [-0.3, -0.25) is 0 Å². The third kappa shape index (κ3) is 6.06. The number of halogens is 4. The van der Waals surface area contributed by atoms with Crippen molar-refractivity contribution < 1.29 is 27.0 Å². The SMILES string of the molecule is FC(F)OCC1CN(CCC2CC(OC(F)F)C2)CCN1. The van der Waals surface area contributed by atoms with E-state index in [-0.39, 0.29) is 18.8 Å². The van der Waals surface area contributed by atoms with Crippen molar-refractivity contribution in [3.05, 3.63) is 0 Å². The number of piperazine rings is 1. The van der Waals surface area contributed by atoms with Crippen molar-refractivity contribution in [3.63, 3.8) is 0 Å². The highest BCUT2D eigenvalue weighted by Gasteiger charge is 2.32. The molecule has 0 radical (unpaired) electrons. The fourth-order valence-electron chi connectivity index (χ4n) is 2.93. The third-order valence-corrected chi connectivity index (χ3v) is 4.10. The molecule has 1 aliphatic heterocycles. The minimum atomic E-state index is -2.73. The molecular weight excluding hydrogens is 292 g/mol. The molecule has 4 nitrogen and oxygen atoms in total. The van der Waals surface area contributed by atoms with Crippen LogP contribution in [0, 0.1) is 5.92 Å². The van der Waals surface area contributed by atoms with Gasteiger partial charge in [0.15, 0.2) is 0 Å². The van der Waals surface area contributed by atoms with Crippen molar-refractivity contribution in [2.45, 2.75) is 44.6 Å². The fraction of sp³-hybridized carbons (Fsp3) is 1.00. The molecule has 0 spiro atoms. The summed E-state index contributed by atoms with van der Waals surface area (Å²) in [4.78, 5) is 2.21. The second-order valence-corrected chi connectivity index (χ2v) is 5.69. The Hall–Kier alpha value is -0.440. The van der Waals surface area contributed by atoms with Crippen molar-refractivity contribution in [1.82, 2.24) is 10.2 Å². The lowest BCUT2D eigenvalue weighted by molar-refractivity contribution is -0.191. The molecule has 1 heterocycles. The van der Waals surface area contributed by atoms with Crippen molar-refractivity contribution in [3.8, 4) is 0 Å². The summed E-state index contributed by atoms with van der Waals surface area (Å²) in [6.45, 7) is -2.26. The summed E-state index contributed by atoms with van der Waals surface area (Å²) >= 11 is 0. The Morgan fingerprint density at radius 1 is 1.14 bits per heavy atom. The van der Waals surface area contributed by atoms with Crippen molar-refractivity contribution >= 4 is 0 Å². The predicted molar refractivity (Wildman–Crippen MR) is 68.4 cm³/mol. The molecule has 1 unspecified atom stereocenters. The van der Waals surface area contributed by atoms with Gasteiger partial charge in [-0.25, -0.2) is 0 Å². The maximum atomic E-state index is 12.0. The van der Waals surface area contributed by atoms with Gasteiger partial charge < -0.3 is 19.7 Å². The van der Waals surface area contributed by atoms with Crippen LogP contribution in [-0.2, 0) is 9.47 Å². The normalized spacial score (nSPS) is 30.9. The van der Waals surface area contributed by atoms with E-state index in [9.17, 15) is 17.6 Å². The number of ether oxygens (including phenoxy) is 2. The molecule has 1 saturated carbocycles. The van der Waals surface area contributed by atoms with Crippen molar-refractivity contribution in [2.24, 2.45) is 5.92 Å². The van der Waals surface area contributed by atoms with E-state index in [0.717, 1.165) is 26.1 Å². The topological polar surface area (TPSA) is 33.7 Å². The van der Waals surface area contributed by atoms with Crippen LogP contribution in [0.3, 0.4) is 0 Å². The van der Waals surface area contributed by atoms with Gasteiger partial charge >= 0.3 is 13.2 Å². The van der Waals surface area contributed by atoms with Gasteiger partial charge in [-0.2, -0.15) is 17.6 Å². The molecule has 1 N–H and O–H groups in total. The smallest absolute Gasteiger partial charge is 0.321 e. The minimum Gasteiger partial charge on any atom is -0.321 e. The zero-order chi connectivity index (χ0) is 15.2. The van der Waals surface area contributed by atoms with Crippen LogP contribution < -0.4 is 5.32 Å². The molecule has 2 aliphatic rings. The van der Waals surface area contributed by atoms with Crippen LogP contribution in [-0.4, -0.2) is 63.1 Å². The zero-order valence-electron chi connectivity index (χ0n) is 11.8. The Morgan fingerprint density at radius 3 is 2.57 bits per heavy atom. The van der Waals surface area contributed by atoms with Crippen LogP contribution in [0.15, 0.2) is 0 Å². The molecule has 0 aromatic carbocycles. The highest BCUT2D eigenvalue weighted by Crippen LogP contribution is 2.33. The highest BCUT2D eigenvalue weighted by molar-refractivity contribution is 4.83. The minimum absolute atomic E-state index is 0.00188. The van der Waals surface area contributed by atoms with Crippen LogP contribution in [0.2, 0.25) is 0 Å². The van der Waals surface area contributed by atoms with E-state index in [1.165, 1.54) is 0 Å². The maximum absolute atomic E-state index is 12.0. The molecule has 2 fully saturated rings. The van der Waals surface area contributed by atoms with Gasteiger partial charge in [-0.1, -0.05) is 0 Å². The van der Waals surface area contributed by atoms with Crippen molar-refractivity contribution in [2.75, 3.05) is 32.8 Å². The average molecular weight is 314 g/mol. The lowest BCUT2D eigenvalue weighted by Crippen LogP contribution is -2.53. The first kappa shape index (κ1) is 16.9. The van der Waals surface area contributed by atoms with Gasteiger partial charge in [-0.15, -0.1) is 0 Å². The van der Waals surface area contributed by atoms with Crippen LogP contribution >= 0.6 is 0 Å². The Bertz CT molecular complexity index is 304. The van der Waals surface area contributed by atoms with Gasteiger partial charge in [0, 0.05) is 25.7 Å². The molecule has 8 heteroatoms. The molecule has 2 rings (SSSR count). The van der Waals surface area contributed by atoms with Crippen LogP contribution in [0.1, 0.15) is 19.3 Å². The summed E-state index contributed by atoms with van der Waals surface area (Å²) in [7, 11) is 0. The van der Waals surface area contributed by atoms with Gasteiger partial charge in [-0.05, 0) is 31.7 Å². The van der Waals surface area contributed by atoms with E-state index in [2.05, 4.69) is 19.7 Å². The van der Waals surface area contributed by atoms with E-state index < -0.39 is 13.2 Å². The Labute approximate surface area is 121 Å². The Balaban J connectivity index is 1.56. The zero-order valence-corrected chi connectivity index (χ0v) is 11.8. The van der Waals surface area contributed by atoms with E-state index in [1.54, 1.807) is 0 Å². The van der Waals surface area contributed by atoms with Crippen LogP contribution in [0.5, 0.6) is 0 Å². The number of hydrogen-bond donors (Lipinski definition) is 1. The van der Waals surface area contributed by atoms with Crippen molar-refractivity contribution in [1.29, 1.82) is 0 Å². The third-order valence-electron chi connectivity index (χ3n) is 4.10. The summed E-state index contributed by atoms with van der Waals surface area (Å²) in [5.74, 6) is 0.430. The molecular formula is C13H22F4N2O2. The second kappa shape index (κ2) is 8.26. The monoisotopic (exact) mass is 314 g/mol. The summed E-state index contributed by atoms with van der Waals surface area (Å²) in [6, 6.07) is -0.0796. The number of nitrogens with zero attached hydrogens (tertiary/aromatic N) is 1. The quantitative estimate of drug-likeness (QED) is 0.694. The van der Waals surface area contributed by atoms with Crippen LogP contribution in [0.25, 0.3) is 0 Å². The molecule has 0 aromatic heterocycles. The van der Waals surface area contributed by atoms with E-state index in [1.807, 2.05) is 0 Å². The van der Waals surface area contributed by atoms with E-state index in [4.69, 9.17) is 0 Å². The molecule has 21 heavy (non-hydrogen) atoms. The summed E-state index contributed by atoms with van der Waals surface area (Å²) < 4.78 is 56.7. The first-order chi connectivity index (χ1) is 10.0. The average Bonchev–Trinajstić information content (AvgIpc) is 2.39. The number of alkyl halides is 4. The number of nitrogens with one attached hydrogen (secondary N) is 1. The molecule has 1 saturated heterocycles. The largest absolute Gasteiger partial charge is 0.345 e. The van der Waals surface area contributed by atoms with E-state index >= 15 is 0 Å². The number of rotatable bonds is 8. The predicted octanol–water partition coefficient (Wildman–Crippen LogP) is 1.91. The lowest BCUT2D eigenvalue weighted by Gasteiger charge is -2.38. The maximum Gasteiger partial charge on any atom is 0.345 e. The molecule has 0 bridgehead atoms. The number of hydrogen-bond acceptors (Lipinski definition) is 4. The molecule has 1 aliphatic carbocycles. The fourth-order valence-corrected chi connectivity index (χ4v) is 2.93. The molecule has 0 aromatic rings. The summed E-state index contributed by atoms with van der Waals surface area (Å²) in [5, 5.41) is 3.15. The summed E-state index contributed by atoms with van der Waals surface area (Å²) in [5.41, 5.74) is 0. The van der Waals surface area contributed by atoms with Gasteiger partial charge in [0.2, 0.25) is 0 Å². The second-order valence-electron chi connectivity index (χ2n) is 5.69. The Morgan fingerprint density at radius 2 is 1.90 bits per heavy atom. The Kier molecular flexibility index (Phi) is 6.66. The first-order valence-electron chi connectivity index (χ1n) is 7.32. The van der Waals surface area contributed by atoms with Crippen LogP contribution in [0.4, 0.5) is 17.6 Å². The molecule has 0 amide bonds. The van der Waals surface area contributed by atoms with Gasteiger partial charge in [0.1, 0.15) is 0 Å². The molecule has 1 atom stereocenters. The van der Waals surface area contributed by atoms with E-state index in [0.29, 0.717) is 25.3 Å². The highest BCUT2D eigenvalue weighted by atomic mass is 19.3. The lowest BCUT2D eigenvalue weighted by atomic mass is 9.80. The van der Waals surface area contributed by atoms with Gasteiger partial charge in [0.05, 0.1) is 12.7 Å². The summed E-state index contributed by atoms with van der Waals surface area (Å²) in [6.07, 6.45) is 2.01.